The summed E-state index contributed by atoms with van der Waals surface area (Å²) in [6, 6.07) is 0. The lowest BCUT2D eigenvalue weighted by Gasteiger charge is -2.12. The third-order valence-corrected chi connectivity index (χ3v) is 4.12. The minimum Gasteiger partial charge on any atom is -0.369 e. The molecule has 0 aliphatic heterocycles. The molecule has 0 bridgehead atoms. The molecular formula is C13H17BrN4S. The van der Waals surface area contributed by atoms with Crippen molar-refractivity contribution in [3.63, 3.8) is 0 Å². The molecule has 0 fully saturated rings. The van der Waals surface area contributed by atoms with Gasteiger partial charge in [0.2, 0.25) is 0 Å². The van der Waals surface area contributed by atoms with Gasteiger partial charge in [-0.1, -0.05) is 13.8 Å². The van der Waals surface area contributed by atoms with Crippen LogP contribution in [0.4, 0.5) is 5.82 Å². The van der Waals surface area contributed by atoms with Crippen LogP contribution < -0.4 is 5.32 Å². The summed E-state index contributed by atoms with van der Waals surface area (Å²) < 4.78 is 0.969. The number of hydrogen-bond acceptors (Lipinski definition) is 5. The third-order valence-electron chi connectivity index (χ3n) is 2.52. The van der Waals surface area contributed by atoms with Crippen LogP contribution >= 0.6 is 27.3 Å². The van der Waals surface area contributed by atoms with Gasteiger partial charge in [0, 0.05) is 12.7 Å². The van der Waals surface area contributed by atoms with Crippen molar-refractivity contribution in [2.45, 2.75) is 27.2 Å². The maximum Gasteiger partial charge on any atom is 0.173 e. The van der Waals surface area contributed by atoms with Crippen molar-refractivity contribution in [3.05, 3.63) is 21.9 Å². The van der Waals surface area contributed by atoms with Crippen LogP contribution in [0, 0.1) is 5.92 Å². The standard InChI is InChI=1S/C13H17BrN4S/c1-4-16-13-11(14)9(5-8(2)3)17-12(18-13)10-6-15-7-19-10/h6-8H,4-5H2,1-3H3,(H,16,17,18). The number of anilines is 1. The van der Waals surface area contributed by atoms with E-state index in [0.29, 0.717) is 5.92 Å². The molecule has 0 unspecified atom stereocenters. The average Bonchev–Trinajstić information content (AvgIpc) is 2.87. The number of rotatable bonds is 5. The number of halogens is 1. The SMILES string of the molecule is CCNc1nc(-c2cncs2)nc(CC(C)C)c1Br. The zero-order chi connectivity index (χ0) is 13.8. The number of aromatic nitrogens is 3. The van der Waals surface area contributed by atoms with E-state index in [1.54, 1.807) is 16.8 Å². The van der Waals surface area contributed by atoms with Gasteiger partial charge in [0.05, 0.1) is 20.6 Å². The highest BCUT2D eigenvalue weighted by atomic mass is 79.9. The minimum absolute atomic E-state index is 0.551. The second kappa shape index (κ2) is 6.43. The molecule has 0 saturated heterocycles. The third kappa shape index (κ3) is 3.51. The maximum atomic E-state index is 4.67. The fourth-order valence-electron chi connectivity index (χ4n) is 1.74. The molecule has 1 N–H and O–H groups in total. The van der Waals surface area contributed by atoms with Gasteiger partial charge < -0.3 is 5.32 Å². The summed E-state index contributed by atoms with van der Waals surface area (Å²) in [5.74, 6) is 2.16. The van der Waals surface area contributed by atoms with E-state index in [9.17, 15) is 0 Å². The molecule has 0 atom stereocenters. The second-order valence-corrected chi connectivity index (χ2v) is 6.33. The molecule has 102 valence electrons. The van der Waals surface area contributed by atoms with Gasteiger partial charge in [-0.2, -0.15) is 0 Å². The molecule has 2 aromatic rings. The van der Waals surface area contributed by atoms with E-state index in [2.05, 4.69) is 57.0 Å². The van der Waals surface area contributed by atoms with Gasteiger partial charge in [-0.3, -0.25) is 4.98 Å². The molecule has 0 aliphatic rings. The van der Waals surface area contributed by atoms with Crippen molar-refractivity contribution in [2.75, 3.05) is 11.9 Å². The monoisotopic (exact) mass is 340 g/mol. The van der Waals surface area contributed by atoms with Crippen LogP contribution in [0.25, 0.3) is 10.7 Å². The molecule has 2 heterocycles. The first-order valence-corrected chi connectivity index (χ1v) is 7.98. The first-order valence-electron chi connectivity index (χ1n) is 6.31. The van der Waals surface area contributed by atoms with E-state index >= 15 is 0 Å². The highest BCUT2D eigenvalue weighted by Gasteiger charge is 2.14. The molecule has 2 rings (SSSR count). The van der Waals surface area contributed by atoms with Crippen LogP contribution in [0.3, 0.4) is 0 Å². The van der Waals surface area contributed by atoms with Crippen LogP contribution in [0.15, 0.2) is 16.2 Å². The summed E-state index contributed by atoms with van der Waals surface area (Å²) in [5.41, 5.74) is 2.85. The molecule has 2 aromatic heterocycles. The summed E-state index contributed by atoms with van der Waals surface area (Å²) in [5, 5.41) is 3.28. The molecule has 4 nitrogen and oxygen atoms in total. The van der Waals surface area contributed by atoms with Gasteiger partial charge in [0.1, 0.15) is 5.82 Å². The lowest BCUT2D eigenvalue weighted by atomic mass is 10.1. The first-order chi connectivity index (χ1) is 9.11. The molecule has 0 aliphatic carbocycles. The van der Waals surface area contributed by atoms with Crippen molar-refractivity contribution < 1.29 is 0 Å². The van der Waals surface area contributed by atoms with Crippen molar-refractivity contribution in [2.24, 2.45) is 5.92 Å². The van der Waals surface area contributed by atoms with Gasteiger partial charge in [0.25, 0.3) is 0 Å². The summed E-state index contributed by atoms with van der Waals surface area (Å²) >= 11 is 5.17. The largest absolute Gasteiger partial charge is 0.369 e. The summed E-state index contributed by atoms with van der Waals surface area (Å²) in [6.45, 7) is 7.27. The van der Waals surface area contributed by atoms with Crippen LogP contribution in [-0.4, -0.2) is 21.5 Å². The van der Waals surface area contributed by atoms with Crippen LogP contribution in [-0.2, 0) is 6.42 Å². The molecule has 0 saturated carbocycles. The highest BCUT2D eigenvalue weighted by Crippen LogP contribution is 2.29. The Bertz CT molecular complexity index is 540. The van der Waals surface area contributed by atoms with Crippen molar-refractivity contribution in [1.29, 1.82) is 0 Å². The zero-order valence-electron chi connectivity index (χ0n) is 11.3. The summed E-state index contributed by atoms with van der Waals surface area (Å²) in [6.07, 6.45) is 2.73. The Morgan fingerprint density at radius 2 is 2.16 bits per heavy atom. The molecule has 0 spiro atoms. The Balaban J connectivity index is 2.47. The normalized spacial score (nSPS) is 11.0. The molecular weight excluding hydrogens is 324 g/mol. The topological polar surface area (TPSA) is 50.7 Å². The number of nitrogens with zero attached hydrogens (tertiary/aromatic N) is 3. The first kappa shape index (κ1) is 14.4. The average molecular weight is 341 g/mol. The van der Waals surface area contributed by atoms with Gasteiger partial charge in [-0.15, -0.1) is 11.3 Å². The predicted octanol–water partition coefficient (Wildman–Crippen LogP) is 3.99. The Labute approximate surface area is 125 Å². The van der Waals surface area contributed by atoms with Crippen LogP contribution in [0.2, 0.25) is 0 Å². The molecule has 0 radical (unpaired) electrons. The van der Waals surface area contributed by atoms with Gasteiger partial charge >= 0.3 is 0 Å². The Kier molecular flexibility index (Phi) is 4.87. The quantitative estimate of drug-likeness (QED) is 0.893. The highest BCUT2D eigenvalue weighted by molar-refractivity contribution is 9.10. The van der Waals surface area contributed by atoms with E-state index < -0.39 is 0 Å². The van der Waals surface area contributed by atoms with Crippen molar-refractivity contribution >= 4 is 33.1 Å². The lowest BCUT2D eigenvalue weighted by molar-refractivity contribution is 0.632. The number of hydrogen-bond donors (Lipinski definition) is 1. The zero-order valence-corrected chi connectivity index (χ0v) is 13.7. The molecule has 19 heavy (non-hydrogen) atoms. The summed E-state index contributed by atoms with van der Waals surface area (Å²) in [7, 11) is 0. The van der Waals surface area contributed by atoms with Gasteiger partial charge in [-0.05, 0) is 35.2 Å². The fourth-order valence-corrected chi connectivity index (χ4v) is 2.77. The Hall–Kier alpha value is -1.01. The van der Waals surface area contributed by atoms with E-state index in [0.717, 1.165) is 39.7 Å². The van der Waals surface area contributed by atoms with E-state index in [4.69, 9.17) is 0 Å². The van der Waals surface area contributed by atoms with Crippen LogP contribution in [0.1, 0.15) is 26.5 Å². The van der Waals surface area contributed by atoms with Gasteiger partial charge in [-0.25, -0.2) is 9.97 Å². The predicted molar refractivity (Wildman–Crippen MR) is 83.5 cm³/mol. The van der Waals surface area contributed by atoms with Crippen molar-refractivity contribution in [3.8, 4) is 10.7 Å². The van der Waals surface area contributed by atoms with E-state index in [1.807, 2.05) is 6.20 Å². The van der Waals surface area contributed by atoms with Crippen LogP contribution in [0.5, 0.6) is 0 Å². The number of thiazole rings is 1. The Morgan fingerprint density at radius 1 is 1.37 bits per heavy atom. The number of nitrogens with one attached hydrogen (secondary N) is 1. The molecule has 0 aromatic carbocycles. The maximum absolute atomic E-state index is 4.67. The van der Waals surface area contributed by atoms with E-state index in [1.165, 1.54) is 0 Å². The minimum atomic E-state index is 0.551. The fraction of sp³-hybridized carbons (Fsp3) is 0.462. The summed E-state index contributed by atoms with van der Waals surface area (Å²) in [4.78, 5) is 14.3. The smallest absolute Gasteiger partial charge is 0.173 e. The second-order valence-electron chi connectivity index (χ2n) is 4.65. The van der Waals surface area contributed by atoms with E-state index in [-0.39, 0.29) is 0 Å². The Morgan fingerprint density at radius 3 is 2.74 bits per heavy atom. The molecule has 0 amide bonds. The lowest BCUT2D eigenvalue weighted by Crippen LogP contribution is -2.07. The van der Waals surface area contributed by atoms with Crippen molar-refractivity contribution in [1.82, 2.24) is 15.0 Å². The molecule has 6 heteroatoms. The van der Waals surface area contributed by atoms with Gasteiger partial charge in [0.15, 0.2) is 5.82 Å².